The number of nitrogens with one attached hydrogen (secondary N) is 1. The first-order valence-electron chi connectivity index (χ1n) is 3.70. The Hall–Kier alpha value is -1.23. The second-order valence-electron chi connectivity index (χ2n) is 2.60. The van der Waals surface area contributed by atoms with E-state index in [1.807, 2.05) is 12.1 Å². The van der Waals surface area contributed by atoms with Gasteiger partial charge in [-0.25, -0.2) is 4.98 Å². The number of hydrogen-bond donors (Lipinski definition) is 2. The Labute approximate surface area is 83.2 Å². The molecule has 0 saturated heterocycles. The molecule has 0 radical (unpaired) electrons. The molecule has 0 aliphatic heterocycles. The van der Waals surface area contributed by atoms with Gasteiger partial charge in [0.05, 0.1) is 12.6 Å². The Morgan fingerprint density at radius 2 is 2.31 bits per heavy atom. The summed E-state index contributed by atoms with van der Waals surface area (Å²) in [7, 11) is 1.60. The number of anilines is 1. The number of nitrogens with two attached hydrogens (primary N) is 1. The topological polar surface area (TPSA) is 63.9 Å². The second-order valence-corrected chi connectivity index (χ2v) is 3.45. The van der Waals surface area contributed by atoms with Gasteiger partial charge in [0.1, 0.15) is 11.3 Å². The summed E-state index contributed by atoms with van der Waals surface area (Å²) in [6.07, 6.45) is 0. The molecule has 1 aromatic heterocycles. The van der Waals surface area contributed by atoms with Crippen molar-refractivity contribution in [2.45, 2.75) is 0 Å². The van der Waals surface area contributed by atoms with Crippen molar-refractivity contribution in [2.75, 3.05) is 12.8 Å². The van der Waals surface area contributed by atoms with Crippen molar-refractivity contribution in [2.24, 2.45) is 0 Å². The van der Waals surface area contributed by atoms with E-state index in [1.54, 1.807) is 7.11 Å². The molecule has 13 heavy (non-hydrogen) atoms. The van der Waals surface area contributed by atoms with E-state index in [2.05, 4.69) is 25.9 Å². The molecule has 1 heterocycles. The molecule has 2 aromatic rings. The lowest BCUT2D eigenvalue weighted by atomic mass is 10.3. The first-order chi connectivity index (χ1) is 6.22. The number of aromatic nitrogens is 2. The number of imidazole rings is 1. The fourth-order valence-electron chi connectivity index (χ4n) is 1.22. The number of hydrogen-bond acceptors (Lipinski definition) is 3. The zero-order valence-corrected chi connectivity index (χ0v) is 8.55. The Kier molecular flexibility index (Phi) is 1.88. The summed E-state index contributed by atoms with van der Waals surface area (Å²) < 4.78 is 6.06. The SMILES string of the molecule is COc1ccc(Br)c2[nH]c(N)nc12. The summed E-state index contributed by atoms with van der Waals surface area (Å²) in [5, 5.41) is 0. The highest BCUT2D eigenvalue weighted by molar-refractivity contribution is 9.10. The zero-order chi connectivity index (χ0) is 9.42. The first-order valence-corrected chi connectivity index (χ1v) is 4.49. The molecule has 0 bridgehead atoms. The first kappa shape index (κ1) is 8.37. The van der Waals surface area contributed by atoms with E-state index in [-0.39, 0.29) is 0 Å². The molecule has 68 valence electrons. The lowest BCUT2D eigenvalue weighted by molar-refractivity contribution is 0.419. The predicted molar refractivity (Wildman–Crippen MR) is 54.8 cm³/mol. The molecule has 0 spiro atoms. The van der Waals surface area contributed by atoms with E-state index in [4.69, 9.17) is 10.5 Å². The lowest BCUT2D eigenvalue weighted by Gasteiger charge is -2.00. The van der Waals surface area contributed by atoms with Crippen LogP contribution in [0.5, 0.6) is 5.75 Å². The van der Waals surface area contributed by atoms with Crippen LogP contribution in [0.3, 0.4) is 0 Å². The van der Waals surface area contributed by atoms with Gasteiger partial charge in [0.2, 0.25) is 0 Å². The zero-order valence-electron chi connectivity index (χ0n) is 6.97. The number of H-pyrrole nitrogens is 1. The Bertz CT molecular complexity index is 452. The van der Waals surface area contributed by atoms with Crippen LogP contribution in [0.2, 0.25) is 0 Å². The summed E-state index contributed by atoms with van der Waals surface area (Å²) >= 11 is 3.39. The van der Waals surface area contributed by atoms with E-state index in [0.717, 1.165) is 15.5 Å². The Morgan fingerprint density at radius 1 is 1.54 bits per heavy atom. The van der Waals surface area contributed by atoms with Crippen LogP contribution in [0.1, 0.15) is 0 Å². The number of methoxy groups -OCH3 is 1. The maximum absolute atomic E-state index is 5.54. The van der Waals surface area contributed by atoms with Crippen LogP contribution in [0.25, 0.3) is 11.0 Å². The minimum Gasteiger partial charge on any atom is -0.494 e. The molecule has 3 N–H and O–H groups in total. The fourth-order valence-corrected chi connectivity index (χ4v) is 1.64. The summed E-state index contributed by atoms with van der Waals surface area (Å²) in [5.41, 5.74) is 7.14. The standard InChI is InChI=1S/C8H8BrN3O/c1-13-5-3-2-4(9)6-7(5)12-8(10)11-6/h2-3H,1H3,(H3,10,11,12). The van der Waals surface area contributed by atoms with E-state index in [0.29, 0.717) is 11.7 Å². The van der Waals surface area contributed by atoms with Crippen molar-refractivity contribution in [1.82, 2.24) is 9.97 Å². The number of nitrogen functional groups attached to an aromatic ring is 1. The lowest BCUT2D eigenvalue weighted by Crippen LogP contribution is -1.85. The molecule has 2 rings (SSSR count). The summed E-state index contributed by atoms with van der Waals surface area (Å²) in [5.74, 6) is 1.10. The molecule has 4 nitrogen and oxygen atoms in total. The van der Waals surface area contributed by atoms with Crippen LogP contribution in [0.15, 0.2) is 16.6 Å². The Morgan fingerprint density at radius 3 is 3.00 bits per heavy atom. The second kappa shape index (κ2) is 2.92. The molecule has 0 aliphatic rings. The minimum atomic E-state index is 0.389. The van der Waals surface area contributed by atoms with Crippen LogP contribution in [-0.2, 0) is 0 Å². The van der Waals surface area contributed by atoms with Crippen LogP contribution in [0.4, 0.5) is 5.95 Å². The van der Waals surface area contributed by atoms with Crippen molar-refractivity contribution in [3.8, 4) is 5.75 Å². The third-order valence-corrected chi connectivity index (χ3v) is 2.46. The van der Waals surface area contributed by atoms with Crippen LogP contribution < -0.4 is 10.5 Å². The molecule has 0 aliphatic carbocycles. The van der Waals surface area contributed by atoms with Gasteiger partial charge in [0.25, 0.3) is 0 Å². The fraction of sp³-hybridized carbons (Fsp3) is 0.125. The predicted octanol–water partition coefficient (Wildman–Crippen LogP) is 1.92. The summed E-state index contributed by atoms with van der Waals surface area (Å²) in [6, 6.07) is 3.73. The van der Waals surface area contributed by atoms with Crippen molar-refractivity contribution < 1.29 is 4.74 Å². The minimum absolute atomic E-state index is 0.389. The largest absolute Gasteiger partial charge is 0.494 e. The summed E-state index contributed by atoms with van der Waals surface area (Å²) in [6.45, 7) is 0. The van der Waals surface area contributed by atoms with Gasteiger partial charge in [-0.05, 0) is 28.1 Å². The number of rotatable bonds is 1. The third kappa shape index (κ3) is 1.25. The maximum atomic E-state index is 5.54. The maximum Gasteiger partial charge on any atom is 0.198 e. The van der Waals surface area contributed by atoms with E-state index in [1.165, 1.54) is 0 Å². The van der Waals surface area contributed by atoms with Gasteiger partial charge in [-0.15, -0.1) is 0 Å². The van der Waals surface area contributed by atoms with Crippen LogP contribution in [0, 0.1) is 0 Å². The van der Waals surface area contributed by atoms with Gasteiger partial charge in [-0.2, -0.15) is 0 Å². The molecular weight excluding hydrogens is 234 g/mol. The quantitative estimate of drug-likeness (QED) is 0.802. The van der Waals surface area contributed by atoms with Crippen LogP contribution >= 0.6 is 15.9 Å². The highest BCUT2D eigenvalue weighted by atomic mass is 79.9. The van der Waals surface area contributed by atoms with Gasteiger partial charge in [0, 0.05) is 4.47 Å². The number of nitrogens with zero attached hydrogens (tertiary/aromatic N) is 1. The van der Waals surface area contributed by atoms with E-state index < -0.39 is 0 Å². The number of benzene rings is 1. The monoisotopic (exact) mass is 241 g/mol. The van der Waals surface area contributed by atoms with E-state index in [9.17, 15) is 0 Å². The molecule has 0 amide bonds. The number of aromatic amines is 1. The molecule has 1 aromatic carbocycles. The average molecular weight is 242 g/mol. The smallest absolute Gasteiger partial charge is 0.198 e. The van der Waals surface area contributed by atoms with Crippen LogP contribution in [-0.4, -0.2) is 17.1 Å². The van der Waals surface area contributed by atoms with E-state index >= 15 is 0 Å². The third-order valence-electron chi connectivity index (χ3n) is 1.80. The highest BCUT2D eigenvalue weighted by Crippen LogP contribution is 2.29. The molecular formula is C8H8BrN3O. The number of halogens is 1. The van der Waals surface area contributed by atoms with Crippen molar-refractivity contribution in [3.05, 3.63) is 16.6 Å². The average Bonchev–Trinajstić information content (AvgIpc) is 2.48. The number of fused-ring (bicyclic) bond motifs is 1. The Balaban J connectivity index is 2.83. The number of ether oxygens (including phenoxy) is 1. The molecule has 0 atom stereocenters. The van der Waals surface area contributed by atoms with Gasteiger partial charge in [-0.1, -0.05) is 0 Å². The van der Waals surface area contributed by atoms with Gasteiger partial charge in [-0.3, -0.25) is 0 Å². The normalized spacial score (nSPS) is 10.6. The van der Waals surface area contributed by atoms with Gasteiger partial charge >= 0.3 is 0 Å². The van der Waals surface area contributed by atoms with Crippen molar-refractivity contribution in [3.63, 3.8) is 0 Å². The summed E-state index contributed by atoms with van der Waals surface area (Å²) in [4.78, 5) is 7.05. The van der Waals surface area contributed by atoms with Gasteiger partial charge in [0.15, 0.2) is 5.95 Å². The molecule has 0 saturated carbocycles. The highest BCUT2D eigenvalue weighted by Gasteiger charge is 2.08. The van der Waals surface area contributed by atoms with Gasteiger partial charge < -0.3 is 15.5 Å². The molecule has 0 fully saturated rings. The molecule has 0 unspecified atom stereocenters. The van der Waals surface area contributed by atoms with Crippen molar-refractivity contribution in [1.29, 1.82) is 0 Å². The molecule has 5 heteroatoms. The van der Waals surface area contributed by atoms with Crippen molar-refractivity contribution >= 4 is 32.9 Å².